The molecular formula is C18H29P. The second-order valence-electron chi connectivity index (χ2n) is 7.50. The predicted molar refractivity (Wildman–Crippen MR) is 89.8 cm³/mol. The summed E-state index contributed by atoms with van der Waals surface area (Å²) in [5, 5.41) is 1.82. The standard InChI is InChI=1S/C18H29P/c1-13(2)15-7-10-18-16(12-15)8-9-17-14(3)6-5-11-19(17,18)4/h7,10,12-14,17,19H,5-6,8-9,11H2,1-4H3. The molecule has 2 aliphatic heterocycles. The van der Waals surface area contributed by atoms with Crippen LogP contribution in [0.2, 0.25) is 0 Å². The maximum atomic E-state index is 2.68. The molecule has 19 heavy (non-hydrogen) atoms. The summed E-state index contributed by atoms with van der Waals surface area (Å²) in [4.78, 5) is 0. The monoisotopic (exact) mass is 276 g/mol. The van der Waals surface area contributed by atoms with Crippen molar-refractivity contribution in [3.05, 3.63) is 29.3 Å². The van der Waals surface area contributed by atoms with Crippen LogP contribution in [0.5, 0.6) is 0 Å². The zero-order valence-electron chi connectivity index (χ0n) is 13.0. The van der Waals surface area contributed by atoms with Crippen LogP contribution in [0.1, 0.15) is 57.1 Å². The van der Waals surface area contributed by atoms with Gasteiger partial charge < -0.3 is 0 Å². The quantitative estimate of drug-likeness (QED) is 0.660. The number of hydrogen-bond acceptors (Lipinski definition) is 0. The van der Waals surface area contributed by atoms with Gasteiger partial charge in [0.1, 0.15) is 0 Å². The molecule has 0 bridgehead atoms. The van der Waals surface area contributed by atoms with E-state index in [1.807, 2.05) is 5.30 Å². The van der Waals surface area contributed by atoms with Crippen LogP contribution in [0.15, 0.2) is 18.2 Å². The van der Waals surface area contributed by atoms with E-state index in [0.717, 1.165) is 11.6 Å². The Morgan fingerprint density at radius 1 is 1.21 bits per heavy atom. The van der Waals surface area contributed by atoms with Crippen LogP contribution >= 0.6 is 7.26 Å². The Bertz CT molecular complexity index is 477. The van der Waals surface area contributed by atoms with Crippen molar-refractivity contribution in [3.8, 4) is 0 Å². The van der Waals surface area contributed by atoms with Gasteiger partial charge in [-0.2, -0.15) is 0 Å². The number of fused-ring (bicyclic) bond motifs is 3. The zero-order valence-corrected chi connectivity index (χ0v) is 14.0. The van der Waals surface area contributed by atoms with E-state index >= 15 is 0 Å². The van der Waals surface area contributed by atoms with Crippen molar-refractivity contribution in [2.75, 3.05) is 12.8 Å². The van der Waals surface area contributed by atoms with Crippen molar-refractivity contribution in [1.29, 1.82) is 0 Å². The fraction of sp³-hybridized carbons (Fsp3) is 0.667. The van der Waals surface area contributed by atoms with E-state index in [-0.39, 0.29) is 0 Å². The van der Waals surface area contributed by atoms with Gasteiger partial charge in [0.05, 0.1) is 0 Å². The van der Waals surface area contributed by atoms with Gasteiger partial charge in [-0.15, -0.1) is 0 Å². The van der Waals surface area contributed by atoms with Gasteiger partial charge in [-0.25, -0.2) is 0 Å². The van der Waals surface area contributed by atoms with E-state index in [1.165, 1.54) is 31.8 Å². The number of aryl methyl sites for hydroxylation is 1. The van der Waals surface area contributed by atoms with Gasteiger partial charge >= 0.3 is 119 Å². The predicted octanol–water partition coefficient (Wildman–Crippen LogP) is 4.56. The summed E-state index contributed by atoms with van der Waals surface area (Å²) >= 11 is 0. The van der Waals surface area contributed by atoms with Gasteiger partial charge in [0.25, 0.3) is 0 Å². The van der Waals surface area contributed by atoms with E-state index in [1.54, 1.807) is 11.1 Å². The van der Waals surface area contributed by atoms with Crippen LogP contribution in [-0.2, 0) is 6.42 Å². The molecule has 0 spiro atoms. The van der Waals surface area contributed by atoms with Crippen molar-refractivity contribution < 1.29 is 0 Å². The molecule has 0 amide bonds. The zero-order chi connectivity index (χ0) is 13.6. The number of rotatable bonds is 1. The molecule has 3 rings (SSSR count). The van der Waals surface area contributed by atoms with Gasteiger partial charge in [-0.3, -0.25) is 0 Å². The molecule has 0 aliphatic carbocycles. The minimum absolute atomic E-state index is 0.669. The Kier molecular flexibility index (Phi) is 3.50. The van der Waals surface area contributed by atoms with Crippen molar-refractivity contribution in [3.63, 3.8) is 0 Å². The summed E-state index contributed by atoms with van der Waals surface area (Å²) in [6, 6.07) is 7.48. The van der Waals surface area contributed by atoms with E-state index in [0.29, 0.717) is 5.92 Å². The fourth-order valence-corrected chi connectivity index (χ4v) is 10.4. The third-order valence-corrected chi connectivity index (χ3v) is 11.6. The van der Waals surface area contributed by atoms with Crippen molar-refractivity contribution in [2.24, 2.45) is 5.92 Å². The second-order valence-corrected chi connectivity index (χ2v) is 12.1. The molecule has 1 fully saturated rings. The van der Waals surface area contributed by atoms with Crippen LogP contribution < -0.4 is 5.30 Å². The summed E-state index contributed by atoms with van der Waals surface area (Å²) in [5.74, 6) is 1.64. The summed E-state index contributed by atoms with van der Waals surface area (Å²) in [6.45, 7) is 9.83. The SMILES string of the molecule is CC(C)c1ccc2c(c1)CCC1C(C)CCC[PH]21C. The number of hydrogen-bond donors (Lipinski definition) is 0. The summed E-state index contributed by atoms with van der Waals surface area (Å²) in [5.41, 5.74) is 4.31. The normalized spacial score (nSPS) is 30.6. The molecule has 2 heterocycles. The summed E-state index contributed by atoms with van der Waals surface area (Å²) in [7, 11) is -1.19. The Labute approximate surface area is 119 Å². The molecule has 0 aromatic heterocycles. The molecule has 0 radical (unpaired) electrons. The molecule has 1 heteroatoms. The van der Waals surface area contributed by atoms with Crippen molar-refractivity contribution >= 4 is 12.6 Å². The Hall–Kier alpha value is -0.350. The first-order valence-electron chi connectivity index (χ1n) is 8.15. The molecule has 2 unspecified atom stereocenters. The van der Waals surface area contributed by atoms with Crippen LogP contribution in [0.25, 0.3) is 0 Å². The van der Waals surface area contributed by atoms with Crippen LogP contribution in [-0.4, -0.2) is 18.5 Å². The maximum absolute atomic E-state index is 2.68. The molecule has 106 valence electrons. The molecule has 2 atom stereocenters. The van der Waals surface area contributed by atoms with Gasteiger partial charge in [0, 0.05) is 0 Å². The average molecular weight is 276 g/mol. The van der Waals surface area contributed by atoms with Gasteiger partial charge in [0.2, 0.25) is 0 Å². The first kappa shape index (κ1) is 13.6. The third kappa shape index (κ3) is 2.17. The molecule has 0 N–H and O–H groups in total. The molecule has 1 aromatic carbocycles. The first-order valence-corrected chi connectivity index (χ1v) is 10.9. The van der Waals surface area contributed by atoms with Gasteiger partial charge in [-0.05, 0) is 0 Å². The third-order valence-electron chi connectivity index (χ3n) is 6.00. The van der Waals surface area contributed by atoms with Gasteiger partial charge in [0.15, 0.2) is 0 Å². The van der Waals surface area contributed by atoms with Crippen molar-refractivity contribution in [1.82, 2.24) is 0 Å². The van der Waals surface area contributed by atoms with Crippen LogP contribution in [0.3, 0.4) is 0 Å². The number of benzene rings is 1. The fourth-order valence-electron chi connectivity index (χ4n) is 4.79. The summed E-state index contributed by atoms with van der Waals surface area (Å²) < 4.78 is 0. The molecule has 1 aromatic rings. The Morgan fingerprint density at radius 3 is 2.74 bits per heavy atom. The second kappa shape index (κ2) is 4.88. The molecule has 0 saturated carbocycles. The average Bonchev–Trinajstić information content (AvgIpc) is 2.38. The molecule has 0 nitrogen and oxygen atoms in total. The molecule has 1 saturated heterocycles. The first-order chi connectivity index (χ1) is 9.02. The van der Waals surface area contributed by atoms with Crippen LogP contribution in [0, 0.1) is 5.92 Å². The Balaban J connectivity index is 2.04. The Morgan fingerprint density at radius 2 is 2.00 bits per heavy atom. The minimum atomic E-state index is -1.19. The van der Waals surface area contributed by atoms with E-state index in [2.05, 4.69) is 45.6 Å². The molecule has 2 aliphatic rings. The molecular weight excluding hydrogens is 247 g/mol. The topological polar surface area (TPSA) is 0 Å². The van der Waals surface area contributed by atoms with Crippen molar-refractivity contribution in [2.45, 2.75) is 58.0 Å². The van der Waals surface area contributed by atoms with E-state index < -0.39 is 7.26 Å². The van der Waals surface area contributed by atoms with E-state index in [9.17, 15) is 0 Å². The van der Waals surface area contributed by atoms with E-state index in [4.69, 9.17) is 0 Å². The summed E-state index contributed by atoms with van der Waals surface area (Å²) in [6.07, 6.45) is 7.31. The van der Waals surface area contributed by atoms with Gasteiger partial charge in [-0.1, -0.05) is 0 Å². The van der Waals surface area contributed by atoms with Crippen LogP contribution in [0.4, 0.5) is 0 Å².